The van der Waals surface area contributed by atoms with Gasteiger partial charge in [-0.2, -0.15) is 0 Å². The van der Waals surface area contributed by atoms with Gasteiger partial charge in [0.15, 0.2) is 0 Å². The van der Waals surface area contributed by atoms with Crippen LogP contribution in [0, 0.1) is 5.92 Å². The van der Waals surface area contributed by atoms with Gasteiger partial charge in [0.05, 0.1) is 17.3 Å². The molecule has 4 heteroatoms. The molecule has 0 aliphatic heterocycles. The predicted molar refractivity (Wildman–Crippen MR) is 74.9 cm³/mol. The molecule has 0 heterocycles. The Bertz CT molecular complexity index is 422. The minimum absolute atomic E-state index is 0.0368. The van der Waals surface area contributed by atoms with Gasteiger partial charge in [-0.05, 0) is 30.9 Å². The molecule has 1 saturated carbocycles. The lowest BCUT2D eigenvalue weighted by atomic mass is 10.2. The van der Waals surface area contributed by atoms with E-state index in [0.717, 1.165) is 5.92 Å². The number of benzene rings is 1. The molecule has 0 saturated heterocycles. The van der Waals surface area contributed by atoms with Crippen LogP contribution in [-0.4, -0.2) is 18.5 Å². The highest BCUT2D eigenvalue weighted by Crippen LogP contribution is 2.34. The Hall–Kier alpha value is -1.06. The molecule has 2 atom stereocenters. The zero-order chi connectivity index (χ0) is 13.0. The average molecular weight is 267 g/mol. The zero-order valence-electron chi connectivity index (χ0n) is 10.6. The first-order valence-corrected chi connectivity index (χ1v) is 6.86. The quantitative estimate of drug-likeness (QED) is 0.831. The van der Waals surface area contributed by atoms with E-state index in [-0.39, 0.29) is 5.91 Å². The van der Waals surface area contributed by atoms with Gasteiger partial charge >= 0.3 is 0 Å². The van der Waals surface area contributed by atoms with Crippen molar-refractivity contribution in [2.45, 2.75) is 32.2 Å². The molecule has 2 N–H and O–H groups in total. The number of rotatable bonds is 6. The topological polar surface area (TPSA) is 41.1 Å². The molecule has 2 rings (SSSR count). The van der Waals surface area contributed by atoms with Gasteiger partial charge in [0, 0.05) is 6.04 Å². The molecule has 0 aromatic heterocycles. The molecule has 0 bridgehead atoms. The summed E-state index contributed by atoms with van der Waals surface area (Å²) in [6.45, 7) is 2.55. The lowest BCUT2D eigenvalue weighted by Crippen LogP contribution is -2.30. The maximum atomic E-state index is 11.7. The molecule has 0 spiro atoms. The van der Waals surface area contributed by atoms with Gasteiger partial charge in [-0.3, -0.25) is 4.79 Å². The molecule has 98 valence electrons. The van der Waals surface area contributed by atoms with Crippen LogP contribution in [0.15, 0.2) is 24.3 Å². The third-order valence-corrected chi connectivity index (χ3v) is 3.58. The number of anilines is 1. The van der Waals surface area contributed by atoms with Gasteiger partial charge in [0.2, 0.25) is 5.91 Å². The van der Waals surface area contributed by atoms with E-state index in [0.29, 0.717) is 23.3 Å². The van der Waals surface area contributed by atoms with Crippen LogP contribution in [0.4, 0.5) is 5.69 Å². The molecule has 1 fully saturated rings. The molecule has 2 unspecified atom stereocenters. The lowest BCUT2D eigenvalue weighted by molar-refractivity contribution is -0.115. The zero-order valence-corrected chi connectivity index (χ0v) is 11.3. The van der Waals surface area contributed by atoms with Crippen molar-refractivity contribution in [2.75, 3.05) is 11.9 Å². The molecular weight excluding hydrogens is 248 g/mol. The first-order chi connectivity index (χ1) is 8.70. The third kappa shape index (κ3) is 3.72. The standard InChI is InChI=1S/C14H19ClN2O/c1-2-5-10-8-13(10)16-9-14(18)17-12-7-4-3-6-11(12)15/h3-4,6-7,10,13,16H,2,5,8-9H2,1H3,(H,17,18). The van der Waals surface area contributed by atoms with Gasteiger partial charge in [-0.1, -0.05) is 37.1 Å². The van der Waals surface area contributed by atoms with Gasteiger partial charge in [-0.25, -0.2) is 0 Å². The highest BCUT2D eigenvalue weighted by Gasteiger charge is 2.35. The SMILES string of the molecule is CCCC1CC1NCC(=O)Nc1ccccc1Cl. The van der Waals surface area contributed by atoms with Crippen molar-refractivity contribution in [2.24, 2.45) is 5.92 Å². The largest absolute Gasteiger partial charge is 0.324 e. The van der Waals surface area contributed by atoms with Crippen molar-refractivity contribution in [3.05, 3.63) is 29.3 Å². The first-order valence-electron chi connectivity index (χ1n) is 6.48. The molecule has 3 nitrogen and oxygen atoms in total. The van der Waals surface area contributed by atoms with E-state index in [1.165, 1.54) is 19.3 Å². The minimum Gasteiger partial charge on any atom is -0.324 e. The van der Waals surface area contributed by atoms with Crippen LogP contribution in [-0.2, 0) is 4.79 Å². The summed E-state index contributed by atoms with van der Waals surface area (Å²) in [7, 11) is 0. The van der Waals surface area contributed by atoms with E-state index in [2.05, 4.69) is 17.6 Å². The summed E-state index contributed by atoms with van der Waals surface area (Å²) in [4.78, 5) is 11.7. The Morgan fingerprint density at radius 2 is 2.22 bits per heavy atom. The number of para-hydroxylation sites is 1. The summed E-state index contributed by atoms with van der Waals surface area (Å²) >= 11 is 5.97. The van der Waals surface area contributed by atoms with Crippen LogP contribution in [0.3, 0.4) is 0 Å². The second-order valence-corrected chi connectivity index (χ2v) is 5.21. The third-order valence-electron chi connectivity index (χ3n) is 3.25. The summed E-state index contributed by atoms with van der Waals surface area (Å²) in [6.07, 6.45) is 3.67. The molecule has 1 aliphatic carbocycles. The number of carbonyl (C=O) groups is 1. The predicted octanol–water partition coefficient (Wildman–Crippen LogP) is 3.06. The van der Waals surface area contributed by atoms with Crippen molar-refractivity contribution in [3.63, 3.8) is 0 Å². The normalized spacial score (nSPS) is 21.7. The van der Waals surface area contributed by atoms with Crippen LogP contribution < -0.4 is 10.6 Å². The Kier molecular flexibility index (Phi) is 4.61. The van der Waals surface area contributed by atoms with Crippen LogP contribution in [0.5, 0.6) is 0 Å². The Morgan fingerprint density at radius 1 is 1.44 bits per heavy atom. The average Bonchev–Trinajstić information content (AvgIpc) is 3.09. The summed E-state index contributed by atoms with van der Waals surface area (Å²) in [5.74, 6) is 0.730. The van der Waals surface area contributed by atoms with Crippen LogP contribution in [0.25, 0.3) is 0 Å². The Labute approximate surface area is 113 Å². The highest BCUT2D eigenvalue weighted by atomic mass is 35.5. The van der Waals surface area contributed by atoms with E-state index >= 15 is 0 Å². The Morgan fingerprint density at radius 3 is 2.94 bits per heavy atom. The van der Waals surface area contributed by atoms with Gasteiger partial charge in [0.1, 0.15) is 0 Å². The van der Waals surface area contributed by atoms with Crippen LogP contribution in [0.1, 0.15) is 26.2 Å². The summed E-state index contributed by atoms with van der Waals surface area (Å²) in [5.41, 5.74) is 0.673. The fourth-order valence-electron chi connectivity index (χ4n) is 2.17. The monoisotopic (exact) mass is 266 g/mol. The second-order valence-electron chi connectivity index (χ2n) is 4.80. The van der Waals surface area contributed by atoms with Gasteiger partial charge in [-0.15, -0.1) is 0 Å². The van der Waals surface area contributed by atoms with E-state index in [4.69, 9.17) is 11.6 Å². The number of nitrogens with one attached hydrogen (secondary N) is 2. The summed E-state index contributed by atoms with van der Waals surface area (Å²) in [6, 6.07) is 7.80. The second kappa shape index (κ2) is 6.21. The maximum absolute atomic E-state index is 11.7. The molecule has 18 heavy (non-hydrogen) atoms. The van der Waals surface area contributed by atoms with Crippen LogP contribution >= 0.6 is 11.6 Å². The lowest BCUT2D eigenvalue weighted by Gasteiger charge is -2.07. The van der Waals surface area contributed by atoms with Crippen molar-refractivity contribution in [1.82, 2.24) is 5.32 Å². The number of carbonyl (C=O) groups excluding carboxylic acids is 1. The van der Waals surface area contributed by atoms with Crippen molar-refractivity contribution < 1.29 is 4.79 Å². The molecule has 1 aromatic carbocycles. The van der Waals surface area contributed by atoms with E-state index in [1.807, 2.05) is 12.1 Å². The molecule has 1 amide bonds. The molecule has 1 aromatic rings. The Balaban J connectivity index is 1.72. The van der Waals surface area contributed by atoms with Crippen molar-refractivity contribution in [3.8, 4) is 0 Å². The van der Waals surface area contributed by atoms with Crippen molar-refractivity contribution >= 4 is 23.2 Å². The molecule has 1 aliphatic rings. The number of hydrogen-bond acceptors (Lipinski definition) is 2. The van der Waals surface area contributed by atoms with E-state index in [9.17, 15) is 4.79 Å². The summed E-state index contributed by atoms with van der Waals surface area (Å²) < 4.78 is 0. The number of hydrogen-bond donors (Lipinski definition) is 2. The van der Waals surface area contributed by atoms with E-state index in [1.54, 1.807) is 12.1 Å². The summed E-state index contributed by atoms with van der Waals surface area (Å²) in [5, 5.41) is 6.65. The molecular formula is C14H19ClN2O. The van der Waals surface area contributed by atoms with Gasteiger partial charge in [0.25, 0.3) is 0 Å². The smallest absolute Gasteiger partial charge is 0.238 e. The minimum atomic E-state index is -0.0368. The van der Waals surface area contributed by atoms with Crippen LogP contribution in [0.2, 0.25) is 5.02 Å². The highest BCUT2D eigenvalue weighted by molar-refractivity contribution is 6.33. The number of halogens is 1. The maximum Gasteiger partial charge on any atom is 0.238 e. The molecule has 0 radical (unpaired) electrons. The van der Waals surface area contributed by atoms with Crippen molar-refractivity contribution in [1.29, 1.82) is 0 Å². The van der Waals surface area contributed by atoms with Gasteiger partial charge < -0.3 is 10.6 Å². The first kappa shape index (κ1) is 13.4. The fraction of sp³-hybridized carbons (Fsp3) is 0.500. The number of amides is 1. The van der Waals surface area contributed by atoms with E-state index < -0.39 is 0 Å². The fourth-order valence-corrected chi connectivity index (χ4v) is 2.35.